The molecule has 0 unspecified atom stereocenters. The third kappa shape index (κ3) is 2.53. The van der Waals surface area contributed by atoms with Crippen molar-refractivity contribution in [2.75, 3.05) is 0 Å². The van der Waals surface area contributed by atoms with Gasteiger partial charge in [-0.3, -0.25) is 4.99 Å². The molecule has 0 radical (unpaired) electrons. The minimum absolute atomic E-state index is 0.661. The summed E-state index contributed by atoms with van der Waals surface area (Å²) in [6.07, 6.45) is 0. The van der Waals surface area contributed by atoms with Crippen LogP contribution in [0, 0.1) is 20.4 Å². The van der Waals surface area contributed by atoms with Gasteiger partial charge in [0.1, 0.15) is 0 Å². The first kappa shape index (κ1) is 15.1. The zero-order valence-corrected chi connectivity index (χ0v) is 13.9. The molecule has 0 aliphatic carbocycles. The Hall–Kier alpha value is -2.86. The average Bonchev–Trinajstić information content (AvgIpc) is 3.00. The van der Waals surface area contributed by atoms with Crippen molar-refractivity contribution in [1.29, 1.82) is 0 Å². The van der Waals surface area contributed by atoms with Crippen LogP contribution in [-0.4, -0.2) is 10.7 Å². The van der Waals surface area contributed by atoms with E-state index in [1.165, 1.54) is 5.56 Å². The molecule has 0 saturated carbocycles. The lowest BCUT2D eigenvalue weighted by Crippen LogP contribution is -1.96. The molecule has 1 N–H and O–H groups in total. The quantitative estimate of drug-likeness (QED) is 0.752. The summed E-state index contributed by atoms with van der Waals surface area (Å²) in [6, 6.07) is 12.4. The average molecular weight is 301 g/mol. The lowest BCUT2D eigenvalue weighted by Gasteiger charge is -2.12. The number of aromatic amines is 1. The van der Waals surface area contributed by atoms with E-state index in [-0.39, 0.29) is 0 Å². The Morgan fingerprint density at radius 1 is 1.09 bits per heavy atom. The van der Waals surface area contributed by atoms with Gasteiger partial charge in [0.15, 0.2) is 0 Å². The molecular weight excluding hydrogens is 282 g/mol. The minimum Gasteiger partial charge on any atom is -0.358 e. The van der Waals surface area contributed by atoms with Crippen LogP contribution in [0.5, 0.6) is 0 Å². The maximum atomic E-state index is 7.40. The van der Waals surface area contributed by atoms with E-state index in [2.05, 4.69) is 41.9 Å². The summed E-state index contributed by atoms with van der Waals surface area (Å²) >= 11 is 0. The Labute approximate surface area is 136 Å². The number of allylic oxidation sites excluding steroid dienone is 2. The highest BCUT2D eigenvalue weighted by atomic mass is 14.9. The molecule has 114 valence electrons. The van der Waals surface area contributed by atoms with Crippen LogP contribution in [0.1, 0.15) is 36.4 Å². The predicted octanol–water partition coefficient (Wildman–Crippen LogP) is 5.06. The first-order valence-electron chi connectivity index (χ1n) is 7.63. The summed E-state index contributed by atoms with van der Waals surface area (Å²) in [4.78, 5) is 11.8. The van der Waals surface area contributed by atoms with Gasteiger partial charge in [-0.15, -0.1) is 0 Å². The topological polar surface area (TPSA) is 32.5 Å². The molecule has 3 nitrogen and oxygen atoms in total. The molecule has 0 fully saturated rings. The minimum atomic E-state index is 0.661. The molecular formula is C20H19N3. The van der Waals surface area contributed by atoms with Crippen LogP contribution in [0.3, 0.4) is 0 Å². The molecule has 1 aromatic carbocycles. The van der Waals surface area contributed by atoms with Crippen molar-refractivity contribution < 1.29 is 0 Å². The van der Waals surface area contributed by atoms with Gasteiger partial charge in [0.2, 0.25) is 5.70 Å². The summed E-state index contributed by atoms with van der Waals surface area (Å²) in [5.74, 6) is 0. The van der Waals surface area contributed by atoms with Crippen LogP contribution in [0.25, 0.3) is 10.4 Å². The van der Waals surface area contributed by atoms with Crippen molar-refractivity contribution in [3.8, 4) is 0 Å². The second-order valence-electron chi connectivity index (χ2n) is 5.88. The fourth-order valence-electron chi connectivity index (χ4n) is 3.09. The van der Waals surface area contributed by atoms with E-state index in [9.17, 15) is 0 Å². The Morgan fingerprint density at radius 2 is 1.78 bits per heavy atom. The zero-order chi connectivity index (χ0) is 16.6. The maximum absolute atomic E-state index is 7.40. The summed E-state index contributed by atoms with van der Waals surface area (Å²) in [6.45, 7) is 15.4. The molecule has 2 aromatic rings. The smallest absolute Gasteiger partial charge is 0.212 e. The Morgan fingerprint density at radius 3 is 2.30 bits per heavy atom. The first-order chi connectivity index (χ1) is 11.0. The second kappa shape index (κ2) is 5.73. The van der Waals surface area contributed by atoms with Crippen LogP contribution in [0.4, 0.5) is 0 Å². The highest BCUT2D eigenvalue weighted by Crippen LogP contribution is 2.37. The normalized spacial score (nSPS) is 16.4. The predicted molar refractivity (Wildman–Crippen MR) is 95.1 cm³/mol. The van der Waals surface area contributed by atoms with Crippen LogP contribution < -0.4 is 0 Å². The number of nitrogens with zero attached hydrogens (tertiary/aromatic N) is 2. The standard InChI is InChI=1S/C20H19N3/c1-12-11-13(2)22-18(12)17(16-9-7-6-8-10-16)20-14(3)19(21-5)15(4)23-20/h6-11,22H,1-4H3. The van der Waals surface area contributed by atoms with Gasteiger partial charge >= 0.3 is 0 Å². The van der Waals surface area contributed by atoms with Crippen molar-refractivity contribution in [3.05, 3.63) is 87.3 Å². The monoisotopic (exact) mass is 301 g/mol. The first-order valence-corrected chi connectivity index (χ1v) is 7.63. The zero-order valence-electron chi connectivity index (χ0n) is 13.9. The van der Waals surface area contributed by atoms with Crippen LogP contribution >= 0.6 is 0 Å². The van der Waals surface area contributed by atoms with Crippen LogP contribution in [0.15, 0.2) is 58.4 Å². The summed E-state index contributed by atoms with van der Waals surface area (Å²) in [5.41, 5.74) is 8.85. The van der Waals surface area contributed by atoms with Crippen molar-refractivity contribution in [1.82, 2.24) is 4.98 Å². The molecule has 3 heteroatoms. The molecule has 0 amide bonds. The summed E-state index contributed by atoms with van der Waals surface area (Å²) in [7, 11) is 0. The third-order valence-electron chi connectivity index (χ3n) is 4.14. The molecule has 0 saturated heterocycles. The number of hydrogen-bond donors (Lipinski definition) is 1. The Balaban J connectivity index is 2.36. The molecule has 0 spiro atoms. The number of rotatable bonds is 2. The summed E-state index contributed by atoms with van der Waals surface area (Å²) < 4.78 is 0. The van der Waals surface area contributed by atoms with E-state index in [4.69, 9.17) is 11.6 Å². The highest BCUT2D eigenvalue weighted by Gasteiger charge is 2.24. The third-order valence-corrected chi connectivity index (χ3v) is 4.14. The maximum Gasteiger partial charge on any atom is 0.212 e. The van der Waals surface area contributed by atoms with E-state index in [1.54, 1.807) is 0 Å². The number of hydrogen-bond acceptors (Lipinski definition) is 1. The molecule has 0 bridgehead atoms. The van der Waals surface area contributed by atoms with E-state index in [1.807, 2.05) is 32.0 Å². The summed E-state index contributed by atoms with van der Waals surface area (Å²) in [5, 5.41) is 0. The molecule has 2 heterocycles. The lowest BCUT2D eigenvalue weighted by atomic mass is 9.96. The molecule has 23 heavy (non-hydrogen) atoms. The van der Waals surface area contributed by atoms with E-state index in [0.29, 0.717) is 5.70 Å². The number of aliphatic imine (C=N–C) groups is 1. The molecule has 1 aromatic heterocycles. The number of aromatic nitrogens is 1. The van der Waals surface area contributed by atoms with Gasteiger partial charge in [-0.1, -0.05) is 30.3 Å². The van der Waals surface area contributed by atoms with Gasteiger partial charge in [0.25, 0.3) is 0 Å². The van der Waals surface area contributed by atoms with E-state index >= 15 is 0 Å². The molecule has 0 atom stereocenters. The Bertz CT molecular complexity index is 900. The van der Waals surface area contributed by atoms with Crippen molar-refractivity contribution in [2.45, 2.75) is 27.7 Å². The molecule has 1 aliphatic heterocycles. The molecule has 1 aliphatic rings. The number of H-pyrrole nitrogens is 1. The fourth-order valence-corrected chi connectivity index (χ4v) is 3.09. The van der Waals surface area contributed by atoms with E-state index in [0.717, 1.165) is 39.5 Å². The number of benzene rings is 1. The van der Waals surface area contributed by atoms with Gasteiger partial charge in [-0.25, -0.2) is 4.85 Å². The SMILES string of the molecule is [C-]#[N+]C1=C(C)C(=C(c2ccccc2)c2[nH]c(C)cc2C)N=C1C. The molecule has 3 rings (SSSR count). The Kier molecular flexibility index (Phi) is 3.75. The highest BCUT2D eigenvalue weighted by molar-refractivity contribution is 6.06. The number of nitrogens with one attached hydrogen (secondary N) is 1. The van der Waals surface area contributed by atoms with Crippen molar-refractivity contribution in [3.63, 3.8) is 0 Å². The number of aryl methyl sites for hydroxylation is 2. The van der Waals surface area contributed by atoms with Crippen LogP contribution in [-0.2, 0) is 0 Å². The van der Waals surface area contributed by atoms with Gasteiger partial charge in [-0.2, -0.15) is 0 Å². The second-order valence-corrected chi connectivity index (χ2v) is 5.88. The van der Waals surface area contributed by atoms with E-state index < -0.39 is 0 Å². The van der Waals surface area contributed by atoms with Gasteiger partial charge in [-0.05, 0) is 50.5 Å². The van der Waals surface area contributed by atoms with Gasteiger partial charge in [0.05, 0.1) is 18.0 Å². The fraction of sp³-hybridized carbons (Fsp3) is 0.200. The van der Waals surface area contributed by atoms with Gasteiger partial charge < -0.3 is 4.98 Å². The van der Waals surface area contributed by atoms with Crippen molar-refractivity contribution in [2.24, 2.45) is 4.99 Å². The van der Waals surface area contributed by atoms with Crippen molar-refractivity contribution >= 4 is 11.3 Å². The lowest BCUT2D eigenvalue weighted by molar-refractivity contribution is 1.21. The van der Waals surface area contributed by atoms with Crippen LogP contribution in [0.2, 0.25) is 0 Å². The van der Waals surface area contributed by atoms with Gasteiger partial charge in [0, 0.05) is 17.0 Å². The largest absolute Gasteiger partial charge is 0.358 e.